The number of nitrogens with one attached hydrogen (secondary N) is 2. The molecule has 1 amide bonds. The predicted molar refractivity (Wildman–Crippen MR) is 67.2 cm³/mol. The van der Waals surface area contributed by atoms with Crippen LogP contribution < -0.4 is 5.32 Å². The average molecular weight is 260 g/mol. The molecule has 3 N–H and O–H groups in total. The van der Waals surface area contributed by atoms with E-state index in [1.165, 1.54) is 0 Å². The van der Waals surface area contributed by atoms with Crippen LogP contribution in [0.5, 0.6) is 0 Å². The lowest BCUT2D eigenvalue weighted by atomic mass is 10.2. The van der Waals surface area contributed by atoms with Crippen molar-refractivity contribution in [3.63, 3.8) is 0 Å². The van der Waals surface area contributed by atoms with Crippen molar-refractivity contribution < 1.29 is 14.7 Å². The van der Waals surface area contributed by atoms with E-state index in [1.807, 2.05) is 13.0 Å². The molecule has 2 aromatic heterocycles. The first-order chi connectivity index (χ1) is 8.97. The number of hydrogen-bond donors (Lipinski definition) is 3. The van der Waals surface area contributed by atoms with Crippen LogP contribution in [0.25, 0.3) is 0 Å². The molecule has 0 spiro atoms. The van der Waals surface area contributed by atoms with Gasteiger partial charge in [0.05, 0.1) is 6.33 Å². The third kappa shape index (κ3) is 2.76. The van der Waals surface area contributed by atoms with Crippen molar-refractivity contribution in [1.29, 1.82) is 0 Å². The van der Waals surface area contributed by atoms with Crippen molar-refractivity contribution in [1.82, 2.24) is 15.0 Å². The summed E-state index contributed by atoms with van der Waals surface area (Å²) in [6.07, 6.45) is 1.16. The van der Waals surface area contributed by atoms with E-state index in [0.29, 0.717) is 5.82 Å². The molecule has 0 fully saturated rings. The summed E-state index contributed by atoms with van der Waals surface area (Å²) in [7, 11) is 0. The number of H-pyrrole nitrogens is 1. The van der Waals surface area contributed by atoms with Gasteiger partial charge in [0, 0.05) is 5.69 Å². The molecule has 0 radical (unpaired) electrons. The van der Waals surface area contributed by atoms with Gasteiger partial charge >= 0.3 is 5.97 Å². The van der Waals surface area contributed by atoms with E-state index in [4.69, 9.17) is 5.11 Å². The number of carboxylic acid groups (broad SMARTS) is 1. The van der Waals surface area contributed by atoms with Gasteiger partial charge in [-0.25, -0.2) is 14.8 Å². The van der Waals surface area contributed by atoms with Crippen molar-refractivity contribution in [2.75, 3.05) is 5.32 Å². The molecule has 2 aromatic rings. The van der Waals surface area contributed by atoms with Crippen LogP contribution in [0.3, 0.4) is 0 Å². The number of aromatic carboxylic acids is 1. The van der Waals surface area contributed by atoms with Crippen LogP contribution in [-0.2, 0) is 0 Å². The number of hydrogen-bond acceptors (Lipinski definition) is 4. The molecular formula is C12H12N4O3. The number of carbonyl (C=O) groups excluding carboxylic acids is 1. The van der Waals surface area contributed by atoms with Crippen LogP contribution in [0.1, 0.15) is 32.2 Å². The lowest BCUT2D eigenvalue weighted by Crippen LogP contribution is -2.17. The number of aryl methyl sites for hydroxylation is 2. The van der Waals surface area contributed by atoms with Crippen LogP contribution >= 0.6 is 0 Å². The van der Waals surface area contributed by atoms with Gasteiger partial charge in [0.15, 0.2) is 11.4 Å². The SMILES string of the molecule is Cc1cc(C)nc(NC(=O)c2nc[nH]c2C(=O)O)c1. The maximum Gasteiger partial charge on any atom is 0.354 e. The number of aromatic amines is 1. The van der Waals surface area contributed by atoms with E-state index in [2.05, 4.69) is 20.3 Å². The first-order valence-electron chi connectivity index (χ1n) is 5.50. The lowest BCUT2D eigenvalue weighted by Gasteiger charge is -2.05. The van der Waals surface area contributed by atoms with Gasteiger partial charge in [-0.1, -0.05) is 0 Å². The molecule has 0 aromatic carbocycles. The second-order valence-electron chi connectivity index (χ2n) is 4.06. The Balaban J connectivity index is 2.25. The fourth-order valence-corrected chi connectivity index (χ4v) is 1.71. The molecule has 7 nitrogen and oxygen atoms in total. The molecular weight excluding hydrogens is 248 g/mol. The summed E-state index contributed by atoms with van der Waals surface area (Å²) in [5.41, 5.74) is 1.29. The minimum Gasteiger partial charge on any atom is -0.477 e. The Kier molecular flexibility index (Phi) is 3.28. The Hall–Kier alpha value is -2.70. The Morgan fingerprint density at radius 3 is 2.68 bits per heavy atom. The van der Waals surface area contributed by atoms with Gasteiger partial charge < -0.3 is 15.4 Å². The molecule has 2 rings (SSSR count). The number of amides is 1. The van der Waals surface area contributed by atoms with Crippen LogP contribution in [0.4, 0.5) is 5.82 Å². The first kappa shape index (κ1) is 12.7. The van der Waals surface area contributed by atoms with Gasteiger partial charge in [-0.3, -0.25) is 4.79 Å². The number of aromatic nitrogens is 3. The molecule has 19 heavy (non-hydrogen) atoms. The van der Waals surface area contributed by atoms with Gasteiger partial charge in [0.2, 0.25) is 0 Å². The Morgan fingerprint density at radius 1 is 1.32 bits per heavy atom. The summed E-state index contributed by atoms with van der Waals surface area (Å²) in [5, 5.41) is 11.4. The maximum absolute atomic E-state index is 11.9. The number of imidazole rings is 1. The zero-order valence-corrected chi connectivity index (χ0v) is 10.4. The van der Waals surface area contributed by atoms with E-state index in [9.17, 15) is 9.59 Å². The Labute approximate surface area is 108 Å². The molecule has 0 aliphatic heterocycles. The van der Waals surface area contributed by atoms with Crippen molar-refractivity contribution in [3.8, 4) is 0 Å². The topological polar surface area (TPSA) is 108 Å². The number of rotatable bonds is 3. The predicted octanol–water partition coefficient (Wildman–Crippen LogP) is 1.37. The van der Waals surface area contributed by atoms with E-state index in [-0.39, 0.29) is 11.4 Å². The van der Waals surface area contributed by atoms with E-state index < -0.39 is 11.9 Å². The van der Waals surface area contributed by atoms with Gasteiger partial charge in [0.25, 0.3) is 5.91 Å². The highest BCUT2D eigenvalue weighted by molar-refractivity contribution is 6.08. The number of carbonyl (C=O) groups is 2. The monoisotopic (exact) mass is 260 g/mol. The van der Waals surface area contributed by atoms with Gasteiger partial charge in [0.1, 0.15) is 5.82 Å². The Morgan fingerprint density at radius 2 is 2.05 bits per heavy atom. The fraction of sp³-hybridized carbons (Fsp3) is 0.167. The first-order valence-corrected chi connectivity index (χ1v) is 5.50. The largest absolute Gasteiger partial charge is 0.477 e. The summed E-state index contributed by atoms with van der Waals surface area (Å²) in [6.45, 7) is 3.68. The van der Waals surface area contributed by atoms with Gasteiger partial charge in [-0.2, -0.15) is 0 Å². The van der Waals surface area contributed by atoms with E-state index >= 15 is 0 Å². The second kappa shape index (κ2) is 4.89. The van der Waals surface area contributed by atoms with Crippen molar-refractivity contribution in [3.05, 3.63) is 41.1 Å². The minimum atomic E-state index is -1.24. The fourth-order valence-electron chi connectivity index (χ4n) is 1.71. The number of carboxylic acids is 1. The highest BCUT2D eigenvalue weighted by Crippen LogP contribution is 2.11. The molecule has 2 heterocycles. The van der Waals surface area contributed by atoms with Crippen LogP contribution in [0, 0.1) is 13.8 Å². The van der Waals surface area contributed by atoms with Crippen LogP contribution in [0.15, 0.2) is 18.5 Å². The molecule has 98 valence electrons. The molecule has 0 bridgehead atoms. The smallest absolute Gasteiger partial charge is 0.354 e. The molecule has 0 saturated carbocycles. The van der Waals surface area contributed by atoms with Crippen LogP contribution in [0.2, 0.25) is 0 Å². The standard InChI is InChI=1S/C12H12N4O3/c1-6-3-7(2)15-8(4-6)16-11(17)9-10(12(18)19)14-5-13-9/h3-5H,1-2H3,(H,13,14)(H,18,19)(H,15,16,17). The third-order valence-corrected chi connectivity index (χ3v) is 2.41. The summed E-state index contributed by atoms with van der Waals surface area (Å²) in [6, 6.07) is 3.56. The second-order valence-corrected chi connectivity index (χ2v) is 4.06. The van der Waals surface area contributed by atoms with Crippen molar-refractivity contribution in [2.45, 2.75) is 13.8 Å². The Bertz CT molecular complexity index is 628. The third-order valence-electron chi connectivity index (χ3n) is 2.41. The highest BCUT2D eigenvalue weighted by atomic mass is 16.4. The molecule has 0 atom stereocenters. The quantitative estimate of drug-likeness (QED) is 0.772. The number of nitrogens with zero attached hydrogens (tertiary/aromatic N) is 2. The van der Waals surface area contributed by atoms with E-state index in [1.54, 1.807) is 13.0 Å². The van der Waals surface area contributed by atoms with Gasteiger partial charge in [-0.15, -0.1) is 0 Å². The molecule has 0 unspecified atom stereocenters. The maximum atomic E-state index is 11.9. The number of pyridine rings is 1. The summed E-state index contributed by atoms with van der Waals surface area (Å²) >= 11 is 0. The van der Waals surface area contributed by atoms with Crippen molar-refractivity contribution in [2.24, 2.45) is 0 Å². The van der Waals surface area contributed by atoms with E-state index in [0.717, 1.165) is 17.6 Å². The highest BCUT2D eigenvalue weighted by Gasteiger charge is 2.20. The minimum absolute atomic E-state index is 0.173. The summed E-state index contributed by atoms with van der Waals surface area (Å²) in [4.78, 5) is 33.1. The van der Waals surface area contributed by atoms with Crippen molar-refractivity contribution >= 4 is 17.7 Å². The number of anilines is 1. The zero-order valence-electron chi connectivity index (χ0n) is 10.4. The molecule has 0 saturated heterocycles. The average Bonchev–Trinajstić information content (AvgIpc) is 2.75. The van der Waals surface area contributed by atoms with Gasteiger partial charge in [-0.05, 0) is 31.5 Å². The molecule has 7 heteroatoms. The lowest BCUT2D eigenvalue weighted by molar-refractivity contribution is 0.0686. The summed E-state index contributed by atoms with van der Waals surface area (Å²) in [5.74, 6) is -1.49. The summed E-state index contributed by atoms with van der Waals surface area (Å²) < 4.78 is 0. The molecule has 0 aliphatic carbocycles. The molecule has 0 aliphatic rings. The van der Waals surface area contributed by atoms with Crippen LogP contribution in [-0.4, -0.2) is 31.9 Å². The zero-order chi connectivity index (χ0) is 14.0. The normalized spacial score (nSPS) is 10.2.